The molecule has 0 aliphatic heterocycles. The van der Waals surface area contributed by atoms with Gasteiger partial charge in [-0.3, -0.25) is 0 Å². The van der Waals surface area contributed by atoms with E-state index in [9.17, 15) is 0 Å². The summed E-state index contributed by atoms with van der Waals surface area (Å²) in [5.74, 6) is 0. The first kappa shape index (κ1) is 13.7. The number of hydrogen-bond donors (Lipinski definition) is 1. The van der Waals surface area contributed by atoms with Crippen LogP contribution in [0, 0.1) is 0 Å². The predicted octanol–water partition coefficient (Wildman–Crippen LogP) is 3.08. The molecule has 0 saturated heterocycles. The number of ether oxygens (including phenoxy) is 1. The molecule has 2 nitrogen and oxygen atoms in total. The third-order valence-electron chi connectivity index (χ3n) is 2.89. The van der Waals surface area contributed by atoms with E-state index in [0.717, 1.165) is 19.4 Å². The van der Waals surface area contributed by atoms with E-state index in [2.05, 4.69) is 42.9 Å². The van der Waals surface area contributed by atoms with Crippen molar-refractivity contribution in [1.29, 1.82) is 0 Å². The lowest BCUT2D eigenvalue weighted by Gasteiger charge is -2.24. The van der Waals surface area contributed by atoms with Gasteiger partial charge in [-0.05, 0) is 62.5 Å². The maximum Gasteiger partial charge on any atom is 0.0634 e. The molecule has 0 saturated carbocycles. The molecule has 0 aliphatic carbocycles. The number of hydrogen-bond acceptors (Lipinski definition) is 3. The Bertz CT molecular complexity index is 282. The highest BCUT2D eigenvalue weighted by Gasteiger charge is 2.15. The van der Waals surface area contributed by atoms with Crippen molar-refractivity contribution in [2.45, 2.75) is 45.3 Å². The largest absolute Gasteiger partial charge is 0.379 e. The molecule has 1 heterocycles. The first-order chi connectivity index (χ1) is 7.53. The van der Waals surface area contributed by atoms with Crippen LogP contribution in [0.5, 0.6) is 0 Å². The highest BCUT2D eigenvalue weighted by Crippen LogP contribution is 2.12. The van der Waals surface area contributed by atoms with Gasteiger partial charge in [0.15, 0.2) is 0 Å². The summed E-state index contributed by atoms with van der Waals surface area (Å²) in [6, 6.07) is 2.73. The van der Waals surface area contributed by atoms with Crippen LogP contribution in [0.1, 0.15) is 32.8 Å². The number of thiophene rings is 1. The van der Waals surface area contributed by atoms with Gasteiger partial charge in [-0.1, -0.05) is 0 Å². The Hall–Kier alpha value is -0.380. The molecule has 1 atom stereocenters. The molecule has 0 amide bonds. The minimum atomic E-state index is -0.0187. The van der Waals surface area contributed by atoms with E-state index in [0.29, 0.717) is 6.04 Å². The molecule has 0 radical (unpaired) electrons. The zero-order valence-corrected chi connectivity index (χ0v) is 11.6. The third-order valence-corrected chi connectivity index (χ3v) is 3.63. The van der Waals surface area contributed by atoms with Gasteiger partial charge in [-0.25, -0.2) is 0 Å². The summed E-state index contributed by atoms with van der Waals surface area (Å²) < 4.78 is 5.39. The predicted molar refractivity (Wildman–Crippen MR) is 71.2 cm³/mol. The Balaban J connectivity index is 2.18. The van der Waals surface area contributed by atoms with Crippen LogP contribution < -0.4 is 5.32 Å². The fraction of sp³-hybridized carbons (Fsp3) is 0.692. The molecule has 0 fully saturated rings. The second-order valence-corrected chi connectivity index (χ2v) is 5.68. The molecule has 1 N–H and O–H groups in total. The number of methoxy groups -OCH3 is 1. The van der Waals surface area contributed by atoms with Gasteiger partial charge in [0.25, 0.3) is 0 Å². The molecule has 0 spiro atoms. The van der Waals surface area contributed by atoms with E-state index in [1.165, 1.54) is 5.56 Å². The van der Waals surface area contributed by atoms with Crippen LogP contribution >= 0.6 is 11.3 Å². The first-order valence-electron chi connectivity index (χ1n) is 5.83. The van der Waals surface area contributed by atoms with E-state index in [1.807, 2.05) is 0 Å². The van der Waals surface area contributed by atoms with Crippen LogP contribution in [0.2, 0.25) is 0 Å². The normalized spacial score (nSPS) is 14.0. The minimum Gasteiger partial charge on any atom is -0.379 e. The SMILES string of the molecule is COC(C)(C)CCNC(C)Cc1ccsc1. The Morgan fingerprint density at radius 1 is 1.50 bits per heavy atom. The molecule has 1 rings (SSSR count). The van der Waals surface area contributed by atoms with Crippen LogP contribution in [0.25, 0.3) is 0 Å². The average molecular weight is 241 g/mol. The van der Waals surface area contributed by atoms with E-state index in [1.54, 1.807) is 18.4 Å². The standard InChI is InChI=1S/C13H23NOS/c1-11(9-12-5-8-16-10-12)14-7-6-13(2,3)15-4/h5,8,10-11,14H,6-7,9H2,1-4H3. The van der Waals surface area contributed by atoms with E-state index in [4.69, 9.17) is 4.74 Å². The van der Waals surface area contributed by atoms with Gasteiger partial charge in [0.1, 0.15) is 0 Å². The van der Waals surface area contributed by atoms with Crippen molar-refractivity contribution in [2.24, 2.45) is 0 Å². The summed E-state index contributed by atoms with van der Waals surface area (Å²) >= 11 is 1.77. The summed E-state index contributed by atoms with van der Waals surface area (Å²) in [7, 11) is 1.77. The van der Waals surface area contributed by atoms with E-state index >= 15 is 0 Å². The summed E-state index contributed by atoms with van der Waals surface area (Å²) in [6.45, 7) is 7.49. The fourth-order valence-electron chi connectivity index (χ4n) is 1.56. The Kier molecular flexibility index (Phi) is 5.46. The molecule has 1 unspecified atom stereocenters. The van der Waals surface area contributed by atoms with E-state index in [-0.39, 0.29) is 5.60 Å². The Labute approximate surface area is 103 Å². The molecule has 0 aromatic carbocycles. The zero-order chi connectivity index (χ0) is 12.0. The molecular weight excluding hydrogens is 218 g/mol. The molecule has 1 aromatic heterocycles. The summed E-state index contributed by atoms with van der Waals surface area (Å²) in [6.07, 6.45) is 2.15. The van der Waals surface area contributed by atoms with Crippen molar-refractivity contribution in [2.75, 3.05) is 13.7 Å². The third kappa shape index (κ3) is 5.10. The molecule has 3 heteroatoms. The zero-order valence-electron chi connectivity index (χ0n) is 10.7. The fourth-order valence-corrected chi connectivity index (χ4v) is 2.24. The molecule has 0 bridgehead atoms. The number of rotatable bonds is 7. The maximum absolute atomic E-state index is 5.39. The second kappa shape index (κ2) is 6.38. The highest BCUT2D eigenvalue weighted by molar-refractivity contribution is 7.07. The van der Waals surface area contributed by atoms with Crippen molar-refractivity contribution in [1.82, 2.24) is 5.32 Å². The van der Waals surface area contributed by atoms with Gasteiger partial charge in [0, 0.05) is 13.2 Å². The van der Waals surface area contributed by atoms with Gasteiger partial charge < -0.3 is 10.1 Å². The quantitative estimate of drug-likeness (QED) is 0.792. The second-order valence-electron chi connectivity index (χ2n) is 4.90. The topological polar surface area (TPSA) is 21.3 Å². The van der Waals surface area contributed by atoms with Crippen LogP contribution in [0.3, 0.4) is 0 Å². The van der Waals surface area contributed by atoms with Crippen molar-refractivity contribution in [3.05, 3.63) is 22.4 Å². The summed E-state index contributed by atoms with van der Waals surface area (Å²) in [5.41, 5.74) is 1.41. The van der Waals surface area contributed by atoms with Crippen molar-refractivity contribution in [3.63, 3.8) is 0 Å². The van der Waals surface area contributed by atoms with Crippen LogP contribution in [0.4, 0.5) is 0 Å². The lowest BCUT2D eigenvalue weighted by Crippen LogP contribution is -2.34. The van der Waals surface area contributed by atoms with Gasteiger partial charge in [0.2, 0.25) is 0 Å². The monoisotopic (exact) mass is 241 g/mol. The Morgan fingerprint density at radius 3 is 2.81 bits per heavy atom. The van der Waals surface area contributed by atoms with Gasteiger partial charge in [-0.2, -0.15) is 11.3 Å². The van der Waals surface area contributed by atoms with Gasteiger partial charge in [-0.15, -0.1) is 0 Å². The number of nitrogens with one attached hydrogen (secondary N) is 1. The van der Waals surface area contributed by atoms with Crippen LogP contribution in [-0.4, -0.2) is 25.3 Å². The van der Waals surface area contributed by atoms with Crippen molar-refractivity contribution < 1.29 is 4.74 Å². The summed E-state index contributed by atoms with van der Waals surface area (Å²) in [5, 5.41) is 7.89. The van der Waals surface area contributed by atoms with Gasteiger partial charge >= 0.3 is 0 Å². The summed E-state index contributed by atoms with van der Waals surface area (Å²) in [4.78, 5) is 0. The molecule has 1 aromatic rings. The average Bonchev–Trinajstić information content (AvgIpc) is 2.70. The lowest BCUT2D eigenvalue weighted by atomic mass is 10.0. The molecule has 92 valence electrons. The molecule has 0 aliphatic rings. The van der Waals surface area contributed by atoms with Crippen LogP contribution in [0.15, 0.2) is 16.8 Å². The lowest BCUT2D eigenvalue weighted by molar-refractivity contribution is 0.0154. The Morgan fingerprint density at radius 2 is 2.25 bits per heavy atom. The minimum absolute atomic E-state index is 0.0187. The van der Waals surface area contributed by atoms with Gasteiger partial charge in [0.05, 0.1) is 5.60 Å². The van der Waals surface area contributed by atoms with Crippen LogP contribution in [-0.2, 0) is 11.2 Å². The smallest absolute Gasteiger partial charge is 0.0634 e. The first-order valence-corrected chi connectivity index (χ1v) is 6.77. The maximum atomic E-state index is 5.39. The van der Waals surface area contributed by atoms with E-state index < -0.39 is 0 Å². The molecular formula is C13H23NOS. The highest BCUT2D eigenvalue weighted by atomic mass is 32.1. The molecule has 16 heavy (non-hydrogen) atoms. The van der Waals surface area contributed by atoms with Crippen molar-refractivity contribution in [3.8, 4) is 0 Å². The van der Waals surface area contributed by atoms with Crippen molar-refractivity contribution >= 4 is 11.3 Å².